The van der Waals surface area contributed by atoms with E-state index in [4.69, 9.17) is 10.00 Å². The minimum Gasteiger partial charge on any atom is -0.479 e. The highest BCUT2D eigenvalue weighted by molar-refractivity contribution is 5.73. The van der Waals surface area contributed by atoms with Crippen LogP contribution in [-0.4, -0.2) is 13.0 Å². The zero-order chi connectivity index (χ0) is 10.4. The number of rotatable bonds is 4. The SMILES string of the molecule is Cc1cc(OCC#N)ccc1NC=O. The number of nitrogens with one attached hydrogen (secondary N) is 1. The molecule has 72 valence electrons. The van der Waals surface area contributed by atoms with Crippen LogP contribution in [0.1, 0.15) is 5.56 Å². The number of ether oxygens (including phenoxy) is 1. The van der Waals surface area contributed by atoms with E-state index in [1.165, 1.54) is 0 Å². The molecule has 0 saturated heterocycles. The lowest BCUT2D eigenvalue weighted by Gasteiger charge is -2.06. The predicted octanol–water partition coefficient (Wildman–Crippen LogP) is 1.47. The first-order valence-corrected chi connectivity index (χ1v) is 4.08. The van der Waals surface area contributed by atoms with Gasteiger partial charge in [0.2, 0.25) is 6.41 Å². The number of carbonyl (C=O) groups excluding carboxylic acids is 1. The fourth-order valence-corrected chi connectivity index (χ4v) is 1.07. The van der Waals surface area contributed by atoms with E-state index >= 15 is 0 Å². The summed E-state index contributed by atoms with van der Waals surface area (Å²) in [5.74, 6) is 0.625. The van der Waals surface area contributed by atoms with Gasteiger partial charge >= 0.3 is 0 Å². The Hall–Kier alpha value is -2.02. The Balaban J connectivity index is 2.78. The van der Waals surface area contributed by atoms with E-state index in [2.05, 4.69) is 5.32 Å². The quantitative estimate of drug-likeness (QED) is 0.731. The van der Waals surface area contributed by atoms with Crippen molar-refractivity contribution in [2.24, 2.45) is 0 Å². The second kappa shape index (κ2) is 4.87. The molecule has 0 aromatic heterocycles. The minimum absolute atomic E-state index is 0.0277. The van der Waals surface area contributed by atoms with Gasteiger partial charge in [0.15, 0.2) is 6.61 Å². The molecule has 1 N–H and O–H groups in total. The molecule has 0 aliphatic carbocycles. The van der Waals surface area contributed by atoms with Crippen LogP contribution >= 0.6 is 0 Å². The molecule has 0 aliphatic rings. The zero-order valence-electron chi connectivity index (χ0n) is 7.78. The van der Waals surface area contributed by atoms with Gasteiger partial charge in [0.25, 0.3) is 0 Å². The van der Waals surface area contributed by atoms with Gasteiger partial charge in [-0.05, 0) is 30.7 Å². The monoisotopic (exact) mass is 190 g/mol. The summed E-state index contributed by atoms with van der Waals surface area (Å²) in [5.41, 5.74) is 1.64. The van der Waals surface area contributed by atoms with Crippen LogP contribution in [0.25, 0.3) is 0 Å². The summed E-state index contributed by atoms with van der Waals surface area (Å²) in [6.07, 6.45) is 0.623. The Labute approximate surface area is 82.1 Å². The van der Waals surface area contributed by atoms with Crippen LogP contribution < -0.4 is 10.1 Å². The minimum atomic E-state index is 0.0277. The highest BCUT2D eigenvalue weighted by atomic mass is 16.5. The normalized spacial score (nSPS) is 8.86. The van der Waals surface area contributed by atoms with Crippen molar-refractivity contribution in [1.29, 1.82) is 5.26 Å². The number of nitrogens with zero attached hydrogens (tertiary/aromatic N) is 1. The van der Waals surface area contributed by atoms with Crippen molar-refractivity contribution in [1.82, 2.24) is 0 Å². The van der Waals surface area contributed by atoms with E-state index in [1.54, 1.807) is 18.2 Å². The van der Waals surface area contributed by atoms with Gasteiger partial charge < -0.3 is 10.1 Å². The van der Waals surface area contributed by atoms with E-state index in [0.29, 0.717) is 12.2 Å². The third kappa shape index (κ3) is 2.49. The summed E-state index contributed by atoms with van der Waals surface area (Å²) in [5, 5.41) is 10.9. The molecule has 0 aliphatic heterocycles. The highest BCUT2D eigenvalue weighted by Gasteiger charge is 1.99. The molecule has 4 nitrogen and oxygen atoms in total. The van der Waals surface area contributed by atoms with Crippen LogP contribution in [-0.2, 0) is 4.79 Å². The lowest BCUT2D eigenvalue weighted by atomic mass is 10.2. The van der Waals surface area contributed by atoms with Crippen molar-refractivity contribution in [2.75, 3.05) is 11.9 Å². The van der Waals surface area contributed by atoms with Crippen LogP contribution in [0.5, 0.6) is 5.75 Å². The van der Waals surface area contributed by atoms with Crippen LogP contribution in [0.4, 0.5) is 5.69 Å². The van der Waals surface area contributed by atoms with E-state index < -0.39 is 0 Å². The van der Waals surface area contributed by atoms with E-state index in [-0.39, 0.29) is 6.61 Å². The molecule has 1 aromatic rings. The van der Waals surface area contributed by atoms with Gasteiger partial charge in [-0.3, -0.25) is 4.79 Å². The average molecular weight is 190 g/mol. The van der Waals surface area contributed by atoms with E-state index in [9.17, 15) is 4.79 Å². The predicted molar refractivity (Wildman–Crippen MR) is 52.0 cm³/mol. The summed E-state index contributed by atoms with van der Waals surface area (Å²) < 4.78 is 5.09. The maximum absolute atomic E-state index is 10.2. The number of anilines is 1. The van der Waals surface area contributed by atoms with Gasteiger partial charge in [-0.2, -0.15) is 5.26 Å². The molecule has 1 aromatic carbocycles. The third-order valence-corrected chi connectivity index (χ3v) is 1.72. The first kappa shape index (κ1) is 10.1. The van der Waals surface area contributed by atoms with Crippen molar-refractivity contribution in [3.05, 3.63) is 23.8 Å². The summed E-state index contributed by atoms with van der Waals surface area (Å²) >= 11 is 0. The Morgan fingerprint density at radius 3 is 3.00 bits per heavy atom. The van der Waals surface area contributed by atoms with Gasteiger partial charge in [0.05, 0.1) is 0 Å². The van der Waals surface area contributed by atoms with E-state index in [1.807, 2.05) is 13.0 Å². The molecule has 0 atom stereocenters. The molecular formula is C10H10N2O2. The summed E-state index contributed by atoms with van der Waals surface area (Å²) in [7, 11) is 0. The molecule has 1 rings (SSSR count). The maximum Gasteiger partial charge on any atom is 0.211 e. The van der Waals surface area contributed by atoms with Crippen molar-refractivity contribution >= 4 is 12.1 Å². The smallest absolute Gasteiger partial charge is 0.211 e. The molecule has 0 saturated carbocycles. The molecule has 0 radical (unpaired) electrons. The summed E-state index contributed by atoms with van der Waals surface area (Å²) in [4.78, 5) is 10.2. The molecule has 4 heteroatoms. The molecule has 1 amide bonds. The van der Waals surface area contributed by atoms with Crippen LogP contribution in [0.15, 0.2) is 18.2 Å². The van der Waals surface area contributed by atoms with Crippen LogP contribution in [0.2, 0.25) is 0 Å². The van der Waals surface area contributed by atoms with E-state index in [0.717, 1.165) is 11.3 Å². The lowest BCUT2D eigenvalue weighted by Crippen LogP contribution is -1.98. The lowest BCUT2D eigenvalue weighted by molar-refractivity contribution is -0.105. The second-order valence-electron chi connectivity index (χ2n) is 2.69. The highest BCUT2D eigenvalue weighted by Crippen LogP contribution is 2.20. The third-order valence-electron chi connectivity index (χ3n) is 1.72. The number of nitriles is 1. The van der Waals surface area contributed by atoms with Crippen molar-refractivity contribution in [3.63, 3.8) is 0 Å². The molecular weight excluding hydrogens is 180 g/mol. The van der Waals surface area contributed by atoms with Gasteiger partial charge in [-0.1, -0.05) is 0 Å². The number of hydrogen-bond acceptors (Lipinski definition) is 3. The number of benzene rings is 1. The van der Waals surface area contributed by atoms with Gasteiger partial charge in [-0.15, -0.1) is 0 Å². The standard InChI is InChI=1S/C10H10N2O2/c1-8-6-9(14-5-4-11)2-3-10(8)12-7-13/h2-3,6-7H,5H2,1H3,(H,12,13). The number of hydrogen-bond donors (Lipinski definition) is 1. The van der Waals surface area contributed by atoms with Crippen molar-refractivity contribution in [2.45, 2.75) is 6.92 Å². The summed E-state index contributed by atoms with van der Waals surface area (Å²) in [6.45, 7) is 1.88. The zero-order valence-corrected chi connectivity index (χ0v) is 7.78. The Kier molecular flexibility index (Phi) is 3.50. The summed E-state index contributed by atoms with van der Waals surface area (Å²) in [6, 6.07) is 7.09. The molecule has 0 heterocycles. The fourth-order valence-electron chi connectivity index (χ4n) is 1.07. The molecule has 0 fully saturated rings. The molecule has 14 heavy (non-hydrogen) atoms. The van der Waals surface area contributed by atoms with Crippen LogP contribution in [0.3, 0.4) is 0 Å². The first-order chi connectivity index (χ1) is 6.77. The fraction of sp³-hybridized carbons (Fsp3) is 0.200. The van der Waals surface area contributed by atoms with Gasteiger partial charge in [0.1, 0.15) is 11.8 Å². The number of amides is 1. The number of aryl methyl sites for hydroxylation is 1. The Morgan fingerprint density at radius 1 is 1.64 bits per heavy atom. The molecule has 0 unspecified atom stereocenters. The maximum atomic E-state index is 10.2. The van der Waals surface area contributed by atoms with Gasteiger partial charge in [0, 0.05) is 5.69 Å². The second-order valence-corrected chi connectivity index (χ2v) is 2.69. The Bertz CT molecular complexity index is 369. The first-order valence-electron chi connectivity index (χ1n) is 4.08. The number of carbonyl (C=O) groups is 1. The topological polar surface area (TPSA) is 62.1 Å². The Morgan fingerprint density at radius 2 is 2.43 bits per heavy atom. The van der Waals surface area contributed by atoms with Gasteiger partial charge in [-0.25, -0.2) is 0 Å². The van der Waals surface area contributed by atoms with Crippen LogP contribution in [0, 0.1) is 18.3 Å². The van der Waals surface area contributed by atoms with Crippen molar-refractivity contribution < 1.29 is 9.53 Å². The largest absolute Gasteiger partial charge is 0.479 e. The molecule has 0 bridgehead atoms. The molecule has 0 spiro atoms. The average Bonchev–Trinajstić information content (AvgIpc) is 2.19. The van der Waals surface area contributed by atoms with Crippen molar-refractivity contribution in [3.8, 4) is 11.8 Å².